The summed E-state index contributed by atoms with van der Waals surface area (Å²) < 4.78 is 0. The van der Waals surface area contributed by atoms with E-state index in [-0.39, 0.29) is 0 Å². The molecule has 0 bridgehead atoms. The van der Waals surface area contributed by atoms with Crippen LogP contribution in [-0.4, -0.2) is 0 Å². The summed E-state index contributed by atoms with van der Waals surface area (Å²) in [6.07, 6.45) is 1.10. The highest BCUT2D eigenvalue weighted by Crippen LogP contribution is 2.24. The topological polar surface area (TPSA) is 12.0 Å². The van der Waals surface area contributed by atoms with Gasteiger partial charge in [-0.05, 0) is 40.8 Å². The van der Waals surface area contributed by atoms with Crippen LogP contribution in [0.25, 0.3) is 10.8 Å². The maximum absolute atomic E-state index is 3.64. The van der Waals surface area contributed by atoms with Crippen molar-refractivity contribution in [2.24, 2.45) is 0 Å². The van der Waals surface area contributed by atoms with Crippen LogP contribution >= 0.6 is 0 Å². The first-order chi connectivity index (χ1) is 10.8. The Hall–Kier alpha value is -2.12. The molecule has 1 heteroatoms. The Morgan fingerprint density at radius 1 is 0.818 bits per heavy atom. The first-order valence-corrected chi connectivity index (χ1v) is 8.07. The summed E-state index contributed by atoms with van der Waals surface area (Å²) >= 11 is 0. The van der Waals surface area contributed by atoms with Crippen molar-refractivity contribution in [3.05, 3.63) is 83.4 Å². The second kappa shape index (κ2) is 6.76. The highest BCUT2D eigenvalue weighted by molar-refractivity contribution is 5.86. The zero-order valence-corrected chi connectivity index (χ0v) is 13.3. The third-order valence-electron chi connectivity index (χ3n) is 4.33. The molecule has 0 aromatic heterocycles. The smallest absolute Gasteiger partial charge is 0.0301 e. The summed E-state index contributed by atoms with van der Waals surface area (Å²) in [6, 6.07) is 24.4. The minimum atomic E-state index is 0.331. The molecule has 3 aromatic carbocycles. The number of hydrogen-bond acceptors (Lipinski definition) is 1. The second-order valence-corrected chi connectivity index (χ2v) is 5.84. The minimum Gasteiger partial charge on any atom is -0.306 e. The zero-order chi connectivity index (χ0) is 15.4. The number of aryl methyl sites for hydroxylation is 1. The molecule has 0 amide bonds. The third kappa shape index (κ3) is 3.20. The van der Waals surface area contributed by atoms with Crippen molar-refractivity contribution in [3.63, 3.8) is 0 Å². The van der Waals surface area contributed by atoms with Gasteiger partial charge in [-0.1, -0.05) is 73.7 Å². The van der Waals surface area contributed by atoms with Crippen LogP contribution in [0.3, 0.4) is 0 Å². The first kappa shape index (κ1) is 14.8. The van der Waals surface area contributed by atoms with E-state index in [1.807, 2.05) is 0 Å². The molecule has 0 heterocycles. The van der Waals surface area contributed by atoms with Gasteiger partial charge in [0.2, 0.25) is 0 Å². The van der Waals surface area contributed by atoms with Gasteiger partial charge in [-0.3, -0.25) is 0 Å². The maximum Gasteiger partial charge on any atom is 0.0301 e. The van der Waals surface area contributed by atoms with Crippen molar-refractivity contribution >= 4 is 10.8 Å². The van der Waals surface area contributed by atoms with E-state index in [9.17, 15) is 0 Å². The predicted molar refractivity (Wildman–Crippen MR) is 95.0 cm³/mol. The lowest BCUT2D eigenvalue weighted by Crippen LogP contribution is -2.18. The minimum absolute atomic E-state index is 0.331. The second-order valence-electron chi connectivity index (χ2n) is 5.84. The molecule has 112 valence electrons. The Kier molecular flexibility index (Phi) is 4.55. The van der Waals surface area contributed by atoms with Gasteiger partial charge in [0.1, 0.15) is 0 Å². The van der Waals surface area contributed by atoms with E-state index < -0.39 is 0 Å². The van der Waals surface area contributed by atoms with Crippen LogP contribution in [0.4, 0.5) is 0 Å². The number of nitrogens with one attached hydrogen (secondary N) is 1. The fourth-order valence-electron chi connectivity index (χ4n) is 2.90. The Morgan fingerprint density at radius 3 is 2.27 bits per heavy atom. The lowest BCUT2D eigenvalue weighted by Gasteiger charge is -2.17. The monoisotopic (exact) mass is 289 g/mol. The van der Waals surface area contributed by atoms with Gasteiger partial charge in [-0.2, -0.15) is 0 Å². The average Bonchev–Trinajstić information content (AvgIpc) is 2.59. The molecule has 0 saturated carbocycles. The molecule has 1 atom stereocenters. The van der Waals surface area contributed by atoms with Crippen LogP contribution in [0.2, 0.25) is 0 Å². The Morgan fingerprint density at radius 2 is 1.50 bits per heavy atom. The van der Waals surface area contributed by atoms with Crippen LogP contribution < -0.4 is 5.32 Å². The van der Waals surface area contributed by atoms with Gasteiger partial charge in [0.25, 0.3) is 0 Å². The van der Waals surface area contributed by atoms with Gasteiger partial charge >= 0.3 is 0 Å². The number of benzene rings is 3. The number of hydrogen-bond donors (Lipinski definition) is 1. The van der Waals surface area contributed by atoms with Crippen molar-refractivity contribution in [3.8, 4) is 0 Å². The van der Waals surface area contributed by atoms with Gasteiger partial charge in [0, 0.05) is 12.6 Å². The molecule has 0 aliphatic carbocycles. The van der Waals surface area contributed by atoms with E-state index in [4.69, 9.17) is 0 Å². The van der Waals surface area contributed by atoms with Crippen LogP contribution in [0.1, 0.15) is 36.6 Å². The SMILES string of the molecule is CCc1ccc(CN[C@@H](C)c2cccc3ccccc23)cc1. The highest BCUT2D eigenvalue weighted by atomic mass is 14.9. The van der Waals surface area contributed by atoms with E-state index in [2.05, 4.69) is 85.9 Å². The van der Waals surface area contributed by atoms with Crippen molar-refractivity contribution in [1.29, 1.82) is 0 Å². The molecule has 3 rings (SSSR count). The Labute approximate surface area is 133 Å². The molecule has 3 aromatic rings. The van der Waals surface area contributed by atoms with E-state index in [1.54, 1.807) is 0 Å². The van der Waals surface area contributed by atoms with Gasteiger partial charge < -0.3 is 5.32 Å². The fraction of sp³-hybridized carbons (Fsp3) is 0.238. The largest absolute Gasteiger partial charge is 0.306 e. The molecule has 0 spiro atoms. The molecule has 0 aliphatic rings. The van der Waals surface area contributed by atoms with Crippen LogP contribution in [0.5, 0.6) is 0 Å². The van der Waals surface area contributed by atoms with Crippen molar-refractivity contribution < 1.29 is 0 Å². The van der Waals surface area contributed by atoms with Crippen molar-refractivity contribution in [2.45, 2.75) is 32.9 Å². The highest BCUT2D eigenvalue weighted by Gasteiger charge is 2.08. The first-order valence-electron chi connectivity index (χ1n) is 8.07. The molecule has 0 radical (unpaired) electrons. The molecule has 0 fully saturated rings. The van der Waals surface area contributed by atoms with Gasteiger partial charge in [-0.15, -0.1) is 0 Å². The lowest BCUT2D eigenvalue weighted by atomic mass is 9.99. The summed E-state index contributed by atoms with van der Waals surface area (Å²) in [4.78, 5) is 0. The maximum atomic E-state index is 3.64. The van der Waals surface area contributed by atoms with Gasteiger partial charge in [0.15, 0.2) is 0 Å². The average molecular weight is 289 g/mol. The van der Waals surface area contributed by atoms with Crippen molar-refractivity contribution in [2.75, 3.05) is 0 Å². The molecule has 1 N–H and O–H groups in total. The quantitative estimate of drug-likeness (QED) is 0.676. The van der Waals surface area contributed by atoms with Gasteiger partial charge in [0.05, 0.1) is 0 Å². The molecule has 22 heavy (non-hydrogen) atoms. The van der Waals surface area contributed by atoms with E-state index in [0.29, 0.717) is 6.04 Å². The van der Waals surface area contributed by atoms with E-state index >= 15 is 0 Å². The van der Waals surface area contributed by atoms with Crippen LogP contribution in [0, 0.1) is 0 Å². The number of rotatable bonds is 5. The van der Waals surface area contributed by atoms with Crippen LogP contribution in [-0.2, 0) is 13.0 Å². The Bertz CT molecular complexity index is 738. The summed E-state index contributed by atoms with van der Waals surface area (Å²) in [5, 5.41) is 6.29. The van der Waals surface area contributed by atoms with Crippen molar-refractivity contribution in [1.82, 2.24) is 5.32 Å². The molecule has 1 nitrogen and oxygen atoms in total. The fourth-order valence-corrected chi connectivity index (χ4v) is 2.90. The lowest BCUT2D eigenvalue weighted by molar-refractivity contribution is 0.578. The molecular formula is C21H23N. The Balaban J connectivity index is 1.74. The summed E-state index contributed by atoms with van der Waals surface area (Å²) in [6.45, 7) is 5.33. The van der Waals surface area contributed by atoms with Gasteiger partial charge in [-0.25, -0.2) is 0 Å². The summed E-state index contributed by atoms with van der Waals surface area (Å²) in [7, 11) is 0. The normalized spacial score (nSPS) is 12.5. The summed E-state index contributed by atoms with van der Waals surface area (Å²) in [5.74, 6) is 0. The predicted octanol–water partition coefficient (Wildman–Crippen LogP) is 5.25. The third-order valence-corrected chi connectivity index (χ3v) is 4.33. The van der Waals surface area contributed by atoms with E-state index in [1.165, 1.54) is 27.5 Å². The zero-order valence-electron chi connectivity index (χ0n) is 13.3. The standard InChI is InChI=1S/C21H23N/c1-3-17-11-13-18(14-12-17)15-22-16(2)20-10-6-8-19-7-4-5-9-21(19)20/h4-14,16,22H,3,15H2,1-2H3/t16-/m0/s1. The molecule has 0 aliphatic heterocycles. The molecular weight excluding hydrogens is 266 g/mol. The number of fused-ring (bicyclic) bond motifs is 1. The van der Waals surface area contributed by atoms with E-state index in [0.717, 1.165) is 13.0 Å². The molecule has 0 unspecified atom stereocenters. The molecule has 0 saturated heterocycles. The van der Waals surface area contributed by atoms with Crippen LogP contribution in [0.15, 0.2) is 66.7 Å². The summed E-state index contributed by atoms with van der Waals surface area (Å²) in [5.41, 5.74) is 4.10.